The minimum absolute atomic E-state index is 0.0923. The summed E-state index contributed by atoms with van der Waals surface area (Å²) in [5.41, 5.74) is 4.62. The van der Waals surface area contributed by atoms with Gasteiger partial charge in [0.25, 0.3) is 5.91 Å². The molecule has 1 saturated carbocycles. The summed E-state index contributed by atoms with van der Waals surface area (Å²) in [6.07, 6.45) is 5.48. The average molecular weight is 499 g/mol. The molecule has 1 N–H and O–H groups in total. The van der Waals surface area contributed by atoms with Crippen molar-refractivity contribution in [3.63, 3.8) is 0 Å². The standard InChI is InChI=1S/C31H38N4O2/c1-21(2)23-14-16-24(17-15-23)27-18-28-29(36)34(19-25-11-9-8-10-22(25)3)31(4,20-35(28)33-27)30(37)32-26-12-6-5-7-13-26/h8-11,14-18,21,26H,5-7,12-13,19-20H2,1-4H3,(H,32,37)/t31-/m1/s1. The monoisotopic (exact) mass is 498 g/mol. The summed E-state index contributed by atoms with van der Waals surface area (Å²) in [7, 11) is 0. The van der Waals surface area contributed by atoms with Gasteiger partial charge in [0.15, 0.2) is 0 Å². The van der Waals surface area contributed by atoms with E-state index in [-0.39, 0.29) is 17.9 Å². The number of aryl methyl sites for hydroxylation is 1. The number of hydrogen-bond donors (Lipinski definition) is 1. The highest BCUT2D eigenvalue weighted by molar-refractivity contribution is 6.00. The molecule has 2 aliphatic rings. The topological polar surface area (TPSA) is 67.2 Å². The number of hydrogen-bond acceptors (Lipinski definition) is 3. The van der Waals surface area contributed by atoms with Gasteiger partial charge in [0.05, 0.1) is 12.2 Å². The van der Waals surface area contributed by atoms with Gasteiger partial charge in [-0.1, -0.05) is 81.6 Å². The molecule has 1 aliphatic heterocycles. The smallest absolute Gasteiger partial charge is 0.273 e. The van der Waals surface area contributed by atoms with Crippen LogP contribution in [0.5, 0.6) is 0 Å². The van der Waals surface area contributed by atoms with Crippen LogP contribution in [0.1, 0.15) is 86.0 Å². The number of benzene rings is 2. The normalized spacial score (nSPS) is 20.2. The van der Waals surface area contributed by atoms with Crippen molar-refractivity contribution in [1.29, 1.82) is 0 Å². The van der Waals surface area contributed by atoms with Crippen molar-refractivity contribution >= 4 is 11.8 Å². The minimum atomic E-state index is -1.05. The van der Waals surface area contributed by atoms with Crippen LogP contribution >= 0.6 is 0 Å². The second kappa shape index (κ2) is 10.2. The number of carbonyl (C=O) groups is 2. The van der Waals surface area contributed by atoms with Crippen molar-refractivity contribution in [2.45, 2.75) is 90.4 Å². The van der Waals surface area contributed by atoms with Crippen LogP contribution in [0, 0.1) is 6.92 Å². The lowest BCUT2D eigenvalue weighted by Crippen LogP contribution is -2.64. The van der Waals surface area contributed by atoms with Gasteiger partial charge >= 0.3 is 0 Å². The van der Waals surface area contributed by atoms with Gasteiger partial charge in [-0.05, 0) is 55.4 Å². The summed E-state index contributed by atoms with van der Waals surface area (Å²) in [5, 5.41) is 8.11. The van der Waals surface area contributed by atoms with Crippen molar-refractivity contribution in [2.75, 3.05) is 0 Å². The summed E-state index contributed by atoms with van der Waals surface area (Å²) in [5.74, 6) is 0.197. The molecular weight excluding hydrogens is 460 g/mol. The number of aromatic nitrogens is 2. The van der Waals surface area contributed by atoms with Crippen LogP contribution in [-0.4, -0.2) is 38.1 Å². The van der Waals surface area contributed by atoms with E-state index in [1.165, 1.54) is 12.0 Å². The fraction of sp³-hybridized carbons (Fsp3) is 0.452. The third kappa shape index (κ3) is 4.94. The Kier molecular flexibility index (Phi) is 6.93. The Morgan fingerprint density at radius 2 is 1.78 bits per heavy atom. The van der Waals surface area contributed by atoms with Gasteiger partial charge in [-0.3, -0.25) is 14.3 Å². The predicted molar refractivity (Wildman–Crippen MR) is 146 cm³/mol. The van der Waals surface area contributed by atoms with E-state index in [1.807, 2.05) is 44.2 Å². The Bertz CT molecular complexity index is 1290. The first kappa shape index (κ1) is 25.2. The molecule has 6 nitrogen and oxygen atoms in total. The summed E-state index contributed by atoms with van der Waals surface area (Å²) < 4.78 is 1.74. The highest BCUT2D eigenvalue weighted by Gasteiger charge is 2.48. The van der Waals surface area contributed by atoms with Crippen molar-refractivity contribution in [1.82, 2.24) is 20.0 Å². The van der Waals surface area contributed by atoms with Gasteiger partial charge in [0.2, 0.25) is 5.91 Å². The molecule has 1 fully saturated rings. The fourth-order valence-electron chi connectivity index (χ4n) is 5.61. The molecule has 1 aromatic heterocycles. The first-order valence-corrected chi connectivity index (χ1v) is 13.6. The van der Waals surface area contributed by atoms with Crippen molar-refractivity contribution in [3.05, 3.63) is 77.0 Å². The molecule has 6 heteroatoms. The maximum atomic E-state index is 14.0. The molecule has 2 heterocycles. The van der Waals surface area contributed by atoms with E-state index < -0.39 is 5.54 Å². The van der Waals surface area contributed by atoms with Gasteiger partial charge in [0.1, 0.15) is 11.2 Å². The number of nitrogens with one attached hydrogen (secondary N) is 1. The van der Waals surface area contributed by atoms with E-state index in [1.54, 1.807) is 9.58 Å². The van der Waals surface area contributed by atoms with Crippen LogP contribution in [0.3, 0.4) is 0 Å². The zero-order valence-electron chi connectivity index (χ0n) is 22.5. The van der Waals surface area contributed by atoms with E-state index in [9.17, 15) is 9.59 Å². The molecule has 2 aromatic carbocycles. The minimum Gasteiger partial charge on any atom is -0.351 e. The lowest BCUT2D eigenvalue weighted by atomic mass is 9.91. The summed E-state index contributed by atoms with van der Waals surface area (Å²) in [6, 6.07) is 18.5. The Labute approximate surface area is 220 Å². The van der Waals surface area contributed by atoms with Crippen LogP contribution in [0.25, 0.3) is 11.3 Å². The fourth-order valence-corrected chi connectivity index (χ4v) is 5.61. The maximum Gasteiger partial charge on any atom is 0.273 e. The van der Waals surface area contributed by atoms with Gasteiger partial charge < -0.3 is 10.2 Å². The Morgan fingerprint density at radius 1 is 1.08 bits per heavy atom. The Morgan fingerprint density at radius 3 is 2.46 bits per heavy atom. The quantitative estimate of drug-likeness (QED) is 0.464. The van der Waals surface area contributed by atoms with Gasteiger partial charge in [-0.15, -0.1) is 0 Å². The second-order valence-corrected chi connectivity index (χ2v) is 11.2. The average Bonchev–Trinajstić information content (AvgIpc) is 3.32. The Hall–Kier alpha value is -3.41. The highest BCUT2D eigenvalue weighted by atomic mass is 16.2. The molecule has 2 amide bonds. The van der Waals surface area contributed by atoms with E-state index in [0.717, 1.165) is 48.1 Å². The molecule has 0 bridgehead atoms. The number of amides is 2. The zero-order valence-corrected chi connectivity index (χ0v) is 22.5. The molecule has 0 spiro atoms. The second-order valence-electron chi connectivity index (χ2n) is 11.2. The molecule has 0 saturated heterocycles. The summed E-state index contributed by atoms with van der Waals surface area (Å²) in [6.45, 7) is 8.98. The highest BCUT2D eigenvalue weighted by Crippen LogP contribution is 2.33. The van der Waals surface area contributed by atoms with Gasteiger partial charge in [0, 0.05) is 18.2 Å². The van der Waals surface area contributed by atoms with Crippen LogP contribution in [0.4, 0.5) is 0 Å². The van der Waals surface area contributed by atoms with Crippen LogP contribution in [0.2, 0.25) is 0 Å². The molecule has 1 aliphatic carbocycles. The molecule has 1 atom stereocenters. The van der Waals surface area contributed by atoms with E-state index in [0.29, 0.717) is 24.7 Å². The number of nitrogens with zero attached hydrogens (tertiary/aromatic N) is 3. The van der Waals surface area contributed by atoms with Gasteiger partial charge in [-0.25, -0.2) is 0 Å². The molecule has 37 heavy (non-hydrogen) atoms. The largest absolute Gasteiger partial charge is 0.351 e. The molecule has 0 radical (unpaired) electrons. The molecule has 194 valence electrons. The lowest BCUT2D eigenvalue weighted by Gasteiger charge is -2.44. The van der Waals surface area contributed by atoms with Crippen molar-refractivity contribution in [3.8, 4) is 11.3 Å². The Balaban J connectivity index is 1.50. The molecule has 5 rings (SSSR count). The summed E-state index contributed by atoms with van der Waals surface area (Å²) >= 11 is 0. The molecule has 0 unspecified atom stereocenters. The maximum absolute atomic E-state index is 14.0. The molecular formula is C31H38N4O2. The number of rotatable bonds is 6. The number of fused-ring (bicyclic) bond motifs is 1. The third-order valence-electron chi connectivity index (χ3n) is 8.19. The third-order valence-corrected chi connectivity index (χ3v) is 8.19. The van der Waals surface area contributed by atoms with E-state index >= 15 is 0 Å². The van der Waals surface area contributed by atoms with Crippen molar-refractivity contribution < 1.29 is 9.59 Å². The van der Waals surface area contributed by atoms with E-state index in [2.05, 4.69) is 43.4 Å². The SMILES string of the molecule is Cc1ccccc1CN1C(=O)c2cc(-c3ccc(C(C)C)cc3)nn2C[C@]1(C)C(=O)NC1CCCCC1. The first-order chi connectivity index (χ1) is 17.8. The summed E-state index contributed by atoms with van der Waals surface area (Å²) in [4.78, 5) is 29.6. The van der Waals surface area contributed by atoms with Crippen molar-refractivity contribution in [2.24, 2.45) is 0 Å². The van der Waals surface area contributed by atoms with Crippen LogP contribution < -0.4 is 5.32 Å². The lowest BCUT2D eigenvalue weighted by molar-refractivity contribution is -0.134. The zero-order chi connectivity index (χ0) is 26.2. The van der Waals surface area contributed by atoms with E-state index in [4.69, 9.17) is 5.10 Å². The predicted octanol–water partition coefficient (Wildman–Crippen LogP) is 5.85. The van der Waals surface area contributed by atoms with Gasteiger partial charge in [-0.2, -0.15) is 5.10 Å². The van der Waals surface area contributed by atoms with Crippen LogP contribution in [0.15, 0.2) is 54.6 Å². The van der Waals surface area contributed by atoms with Crippen LogP contribution in [-0.2, 0) is 17.9 Å². The number of carbonyl (C=O) groups excluding carboxylic acids is 2. The molecule has 3 aromatic rings. The first-order valence-electron chi connectivity index (χ1n) is 13.6.